The molecule has 1 saturated heterocycles. The highest BCUT2D eigenvalue weighted by atomic mass is 32.2. The van der Waals surface area contributed by atoms with Crippen molar-refractivity contribution in [3.8, 4) is 5.75 Å². The summed E-state index contributed by atoms with van der Waals surface area (Å²) < 4.78 is 10.8. The summed E-state index contributed by atoms with van der Waals surface area (Å²) in [6, 6.07) is 15.7. The molecular formula is C24H28N4O3S. The third kappa shape index (κ3) is 6.58. The fraction of sp³-hybridized carbons (Fsp3) is 0.375. The summed E-state index contributed by atoms with van der Waals surface area (Å²) in [4.78, 5) is 20.9. The molecule has 3 aromatic rings. The van der Waals surface area contributed by atoms with Gasteiger partial charge in [0.2, 0.25) is 0 Å². The molecule has 0 atom stereocenters. The van der Waals surface area contributed by atoms with E-state index in [9.17, 15) is 4.79 Å². The van der Waals surface area contributed by atoms with Crippen molar-refractivity contribution < 1.29 is 14.1 Å². The summed E-state index contributed by atoms with van der Waals surface area (Å²) in [5.74, 6) is 2.44. The fourth-order valence-electron chi connectivity index (χ4n) is 3.55. The Morgan fingerprint density at radius 3 is 2.59 bits per heavy atom. The molecule has 168 valence electrons. The third-order valence-corrected chi connectivity index (χ3v) is 6.33. The van der Waals surface area contributed by atoms with Gasteiger partial charge in [0.1, 0.15) is 11.5 Å². The van der Waals surface area contributed by atoms with Crippen LogP contribution in [0.1, 0.15) is 17.0 Å². The van der Waals surface area contributed by atoms with E-state index in [1.54, 1.807) is 16.7 Å². The Balaban J connectivity index is 1.16. The molecular weight excluding hydrogens is 424 g/mol. The maximum atomic E-state index is 12.5. The van der Waals surface area contributed by atoms with Gasteiger partial charge in [-0.2, -0.15) is 0 Å². The molecule has 1 aromatic carbocycles. The van der Waals surface area contributed by atoms with Gasteiger partial charge in [-0.25, -0.2) is 9.78 Å². The lowest BCUT2D eigenvalue weighted by Crippen LogP contribution is -2.49. The number of hydrogen-bond donors (Lipinski definition) is 0. The highest BCUT2D eigenvalue weighted by molar-refractivity contribution is 7.99. The molecule has 0 N–H and O–H groups in total. The molecule has 1 aliphatic rings. The van der Waals surface area contributed by atoms with Crippen molar-refractivity contribution in [1.29, 1.82) is 0 Å². The molecule has 1 amide bonds. The number of pyridine rings is 1. The van der Waals surface area contributed by atoms with Crippen LogP contribution in [0.2, 0.25) is 0 Å². The van der Waals surface area contributed by atoms with Crippen molar-refractivity contribution in [2.24, 2.45) is 0 Å². The van der Waals surface area contributed by atoms with Gasteiger partial charge in [0.15, 0.2) is 0 Å². The fourth-order valence-corrected chi connectivity index (χ4v) is 4.41. The lowest BCUT2D eigenvalue weighted by molar-refractivity contribution is 0.110. The smallest absolute Gasteiger partial charge is 0.410 e. The highest BCUT2D eigenvalue weighted by Gasteiger charge is 2.22. The SMILES string of the molecule is Cc1cc(CCN2CCN(C(=O)Oc3ccc(CCSc4ccccn4)cc3)CC2)on1. The van der Waals surface area contributed by atoms with Gasteiger partial charge in [-0.15, -0.1) is 11.8 Å². The molecule has 0 radical (unpaired) electrons. The molecule has 32 heavy (non-hydrogen) atoms. The molecule has 1 aliphatic heterocycles. The lowest BCUT2D eigenvalue weighted by atomic mass is 10.2. The van der Waals surface area contributed by atoms with Gasteiger partial charge in [-0.3, -0.25) is 4.90 Å². The summed E-state index contributed by atoms with van der Waals surface area (Å²) >= 11 is 1.74. The van der Waals surface area contributed by atoms with Gasteiger partial charge in [0.25, 0.3) is 0 Å². The maximum Gasteiger partial charge on any atom is 0.415 e. The molecule has 0 saturated carbocycles. The molecule has 1 fully saturated rings. The van der Waals surface area contributed by atoms with E-state index in [0.29, 0.717) is 18.8 Å². The molecule has 2 aromatic heterocycles. The summed E-state index contributed by atoms with van der Waals surface area (Å²) in [6.45, 7) is 5.81. The molecule has 8 heteroatoms. The van der Waals surface area contributed by atoms with Crippen LogP contribution in [0.15, 0.2) is 64.3 Å². The van der Waals surface area contributed by atoms with Crippen LogP contribution < -0.4 is 4.74 Å². The van der Waals surface area contributed by atoms with Crippen LogP contribution in [0, 0.1) is 6.92 Å². The van der Waals surface area contributed by atoms with E-state index in [-0.39, 0.29) is 6.09 Å². The standard InChI is InChI=1S/C24H28N4O3S/c1-19-18-22(31-26-19)9-12-27-13-15-28(16-14-27)24(29)30-21-7-5-20(6-8-21)10-17-32-23-4-2-3-11-25-23/h2-8,11,18H,9-10,12-17H2,1H3. The van der Waals surface area contributed by atoms with Crippen LogP contribution in [0.3, 0.4) is 0 Å². The number of benzene rings is 1. The monoisotopic (exact) mass is 452 g/mol. The van der Waals surface area contributed by atoms with E-state index in [1.807, 2.05) is 61.7 Å². The molecule has 7 nitrogen and oxygen atoms in total. The highest BCUT2D eigenvalue weighted by Crippen LogP contribution is 2.19. The number of thioether (sulfide) groups is 1. The zero-order valence-corrected chi connectivity index (χ0v) is 19.1. The van der Waals surface area contributed by atoms with Crippen LogP contribution >= 0.6 is 11.8 Å². The minimum absolute atomic E-state index is 0.283. The zero-order chi connectivity index (χ0) is 22.2. The number of amides is 1. The van der Waals surface area contributed by atoms with Crippen LogP contribution in [0.5, 0.6) is 5.75 Å². The Kier molecular flexibility index (Phi) is 7.79. The second-order valence-corrected chi connectivity index (χ2v) is 8.91. The van der Waals surface area contributed by atoms with E-state index in [2.05, 4.69) is 15.0 Å². The first-order valence-corrected chi connectivity index (χ1v) is 11.9. The van der Waals surface area contributed by atoms with Crippen molar-refractivity contribution in [2.75, 3.05) is 38.5 Å². The predicted molar refractivity (Wildman–Crippen MR) is 124 cm³/mol. The van der Waals surface area contributed by atoms with Crippen molar-refractivity contribution in [2.45, 2.75) is 24.8 Å². The topological polar surface area (TPSA) is 71.7 Å². The molecule has 0 aliphatic carbocycles. The molecule has 0 bridgehead atoms. The van der Waals surface area contributed by atoms with E-state index < -0.39 is 0 Å². The largest absolute Gasteiger partial charge is 0.415 e. The first-order valence-electron chi connectivity index (χ1n) is 10.9. The Hall–Kier alpha value is -2.84. The molecule has 3 heterocycles. The third-order valence-electron chi connectivity index (χ3n) is 5.39. The number of hydrogen-bond acceptors (Lipinski definition) is 7. The number of carbonyl (C=O) groups excluding carboxylic acids is 1. The summed E-state index contributed by atoms with van der Waals surface area (Å²) in [5, 5.41) is 4.96. The van der Waals surface area contributed by atoms with E-state index in [4.69, 9.17) is 9.26 Å². The Morgan fingerprint density at radius 1 is 1.09 bits per heavy atom. The van der Waals surface area contributed by atoms with Crippen molar-refractivity contribution >= 4 is 17.9 Å². The Labute approximate surface area is 192 Å². The van der Waals surface area contributed by atoms with Crippen molar-refractivity contribution in [3.05, 3.63) is 71.7 Å². The van der Waals surface area contributed by atoms with E-state index in [0.717, 1.165) is 54.7 Å². The predicted octanol–water partition coefficient (Wildman–Crippen LogP) is 4.07. The lowest BCUT2D eigenvalue weighted by Gasteiger charge is -2.33. The zero-order valence-electron chi connectivity index (χ0n) is 18.3. The quantitative estimate of drug-likeness (QED) is 0.477. The summed E-state index contributed by atoms with van der Waals surface area (Å²) in [6.07, 6.45) is 3.29. The Morgan fingerprint density at radius 2 is 1.91 bits per heavy atom. The van der Waals surface area contributed by atoms with Crippen LogP contribution in [0.25, 0.3) is 0 Å². The van der Waals surface area contributed by atoms with Gasteiger partial charge in [0, 0.05) is 57.2 Å². The average Bonchev–Trinajstić information content (AvgIpc) is 3.25. The van der Waals surface area contributed by atoms with Crippen LogP contribution in [-0.2, 0) is 12.8 Å². The number of aromatic nitrogens is 2. The van der Waals surface area contributed by atoms with E-state index >= 15 is 0 Å². The number of carbonyl (C=O) groups is 1. The second-order valence-electron chi connectivity index (χ2n) is 7.79. The normalized spacial score (nSPS) is 14.5. The molecule has 0 unspecified atom stereocenters. The first-order chi connectivity index (χ1) is 15.7. The average molecular weight is 453 g/mol. The first kappa shape index (κ1) is 22.4. The minimum atomic E-state index is -0.283. The van der Waals surface area contributed by atoms with E-state index in [1.165, 1.54) is 5.56 Å². The van der Waals surface area contributed by atoms with Gasteiger partial charge in [0.05, 0.1) is 10.7 Å². The van der Waals surface area contributed by atoms with Gasteiger partial charge < -0.3 is 14.2 Å². The van der Waals surface area contributed by atoms with Gasteiger partial charge >= 0.3 is 6.09 Å². The molecule has 4 rings (SSSR count). The molecule has 0 spiro atoms. The van der Waals surface area contributed by atoms with Gasteiger partial charge in [-0.1, -0.05) is 23.4 Å². The number of rotatable bonds is 8. The summed E-state index contributed by atoms with van der Waals surface area (Å²) in [7, 11) is 0. The Bertz CT molecular complexity index is 986. The van der Waals surface area contributed by atoms with Gasteiger partial charge in [-0.05, 0) is 43.2 Å². The van der Waals surface area contributed by atoms with Crippen LogP contribution in [0.4, 0.5) is 4.79 Å². The maximum absolute atomic E-state index is 12.5. The second kappa shape index (κ2) is 11.2. The number of nitrogens with zero attached hydrogens (tertiary/aromatic N) is 4. The minimum Gasteiger partial charge on any atom is -0.410 e. The number of aryl methyl sites for hydroxylation is 2. The van der Waals surface area contributed by atoms with Crippen molar-refractivity contribution in [1.82, 2.24) is 19.9 Å². The number of ether oxygens (including phenoxy) is 1. The van der Waals surface area contributed by atoms with Crippen LogP contribution in [-0.4, -0.2) is 64.5 Å². The number of piperazine rings is 1. The van der Waals surface area contributed by atoms with Crippen molar-refractivity contribution in [3.63, 3.8) is 0 Å². The summed E-state index contributed by atoms with van der Waals surface area (Å²) in [5.41, 5.74) is 2.12.